The highest BCUT2D eigenvalue weighted by molar-refractivity contribution is 7.10. The number of thiophene rings is 1. The highest BCUT2D eigenvalue weighted by Crippen LogP contribution is 2.27. The molecule has 0 aliphatic carbocycles. The molecule has 5 heteroatoms. The molecule has 4 nitrogen and oxygen atoms in total. The molecular weight excluding hydrogens is 310 g/mol. The molecule has 1 aromatic carbocycles. The van der Waals surface area contributed by atoms with Gasteiger partial charge in [-0.15, -0.1) is 11.3 Å². The topological polar surface area (TPSA) is 38.8 Å². The fourth-order valence-corrected chi connectivity index (χ4v) is 2.73. The van der Waals surface area contributed by atoms with Crippen molar-refractivity contribution in [3.63, 3.8) is 0 Å². The number of hydrogen-bond acceptors (Lipinski definition) is 4. The zero-order chi connectivity index (χ0) is 16.7. The number of carbonyl (C=O) groups is 1. The van der Waals surface area contributed by atoms with Gasteiger partial charge in [0.2, 0.25) is 5.91 Å². The summed E-state index contributed by atoms with van der Waals surface area (Å²) < 4.78 is 10.5. The molecule has 1 amide bonds. The molecule has 0 radical (unpaired) electrons. The summed E-state index contributed by atoms with van der Waals surface area (Å²) in [6.45, 7) is 0.642. The molecule has 1 heterocycles. The first-order valence-electron chi connectivity index (χ1n) is 7.31. The van der Waals surface area contributed by atoms with E-state index >= 15 is 0 Å². The third-order valence-electron chi connectivity index (χ3n) is 3.49. The molecule has 0 N–H and O–H groups in total. The van der Waals surface area contributed by atoms with Gasteiger partial charge in [-0.3, -0.25) is 4.79 Å². The quantitative estimate of drug-likeness (QED) is 0.729. The zero-order valence-corrected chi connectivity index (χ0v) is 14.4. The molecule has 0 saturated heterocycles. The van der Waals surface area contributed by atoms with Gasteiger partial charge in [-0.2, -0.15) is 0 Å². The Morgan fingerprint density at radius 2 is 2.00 bits per heavy atom. The fourth-order valence-electron chi connectivity index (χ4n) is 2.11. The number of nitrogens with zero attached hydrogens (tertiary/aromatic N) is 1. The van der Waals surface area contributed by atoms with E-state index in [9.17, 15) is 4.79 Å². The Kier molecular flexibility index (Phi) is 6.23. The molecule has 2 aromatic rings. The second-order valence-electron chi connectivity index (χ2n) is 5.05. The van der Waals surface area contributed by atoms with Gasteiger partial charge in [-0.25, -0.2) is 0 Å². The molecular formula is C18H21NO3S. The minimum Gasteiger partial charge on any atom is -0.493 e. The smallest absolute Gasteiger partial charge is 0.246 e. The summed E-state index contributed by atoms with van der Waals surface area (Å²) >= 11 is 1.61. The van der Waals surface area contributed by atoms with E-state index in [1.807, 2.05) is 48.8 Å². The van der Waals surface area contributed by atoms with Crippen molar-refractivity contribution in [3.8, 4) is 11.5 Å². The SMILES string of the molecule is COc1ccc(CCN(C)C(=O)/C=C/c2cccs2)cc1OC. The van der Waals surface area contributed by atoms with Crippen molar-refractivity contribution in [2.45, 2.75) is 6.42 Å². The molecule has 0 aliphatic heterocycles. The molecule has 23 heavy (non-hydrogen) atoms. The van der Waals surface area contributed by atoms with E-state index in [2.05, 4.69) is 0 Å². The number of rotatable bonds is 7. The van der Waals surface area contributed by atoms with E-state index in [0.29, 0.717) is 18.0 Å². The van der Waals surface area contributed by atoms with Gasteiger partial charge in [0, 0.05) is 24.5 Å². The zero-order valence-electron chi connectivity index (χ0n) is 13.6. The second kappa shape index (κ2) is 8.39. The van der Waals surface area contributed by atoms with Gasteiger partial charge in [0.15, 0.2) is 11.5 Å². The highest BCUT2D eigenvalue weighted by atomic mass is 32.1. The lowest BCUT2D eigenvalue weighted by Gasteiger charge is -2.16. The van der Waals surface area contributed by atoms with E-state index < -0.39 is 0 Å². The maximum absolute atomic E-state index is 12.1. The van der Waals surface area contributed by atoms with Crippen LogP contribution in [0.25, 0.3) is 6.08 Å². The number of ether oxygens (including phenoxy) is 2. The van der Waals surface area contributed by atoms with Crippen LogP contribution in [0.4, 0.5) is 0 Å². The summed E-state index contributed by atoms with van der Waals surface area (Å²) in [7, 11) is 5.04. The molecule has 2 rings (SSSR count). The van der Waals surface area contributed by atoms with E-state index in [1.54, 1.807) is 36.5 Å². The van der Waals surface area contributed by atoms with Crippen molar-refractivity contribution in [1.29, 1.82) is 0 Å². The van der Waals surface area contributed by atoms with Crippen molar-refractivity contribution in [1.82, 2.24) is 4.90 Å². The lowest BCUT2D eigenvalue weighted by atomic mass is 10.1. The van der Waals surface area contributed by atoms with E-state index in [-0.39, 0.29) is 5.91 Å². The minimum absolute atomic E-state index is 0.00104. The Labute approximate surface area is 141 Å². The Bertz CT molecular complexity index is 665. The van der Waals surface area contributed by atoms with Crippen molar-refractivity contribution >= 4 is 23.3 Å². The summed E-state index contributed by atoms with van der Waals surface area (Å²) in [6.07, 6.45) is 4.22. The maximum Gasteiger partial charge on any atom is 0.246 e. The molecule has 0 saturated carbocycles. The average Bonchev–Trinajstić information content (AvgIpc) is 3.10. The third kappa shape index (κ3) is 4.86. The Hall–Kier alpha value is -2.27. The van der Waals surface area contributed by atoms with Crippen LogP contribution < -0.4 is 9.47 Å². The van der Waals surface area contributed by atoms with E-state index in [0.717, 1.165) is 16.9 Å². The number of benzene rings is 1. The Morgan fingerprint density at radius 1 is 1.22 bits per heavy atom. The van der Waals surface area contributed by atoms with Crippen LogP contribution in [0.2, 0.25) is 0 Å². The van der Waals surface area contributed by atoms with Crippen LogP contribution in [0.15, 0.2) is 41.8 Å². The maximum atomic E-state index is 12.1. The largest absolute Gasteiger partial charge is 0.493 e. The van der Waals surface area contributed by atoms with Crippen molar-refractivity contribution in [3.05, 3.63) is 52.2 Å². The van der Waals surface area contributed by atoms with Crippen LogP contribution in [0.5, 0.6) is 11.5 Å². The first-order valence-corrected chi connectivity index (χ1v) is 8.19. The van der Waals surface area contributed by atoms with Gasteiger partial charge in [-0.1, -0.05) is 12.1 Å². The molecule has 0 unspecified atom stereocenters. The first kappa shape index (κ1) is 17.1. The third-order valence-corrected chi connectivity index (χ3v) is 4.33. The van der Waals surface area contributed by atoms with Gasteiger partial charge in [0.05, 0.1) is 14.2 Å². The Balaban J connectivity index is 1.90. The van der Waals surface area contributed by atoms with E-state index in [4.69, 9.17) is 9.47 Å². The minimum atomic E-state index is -0.00104. The molecule has 1 aromatic heterocycles. The molecule has 0 aliphatic rings. The van der Waals surface area contributed by atoms with Crippen LogP contribution in [0, 0.1) is 0 Å². The van der Waals surface area contributed by atoms with E-state index in [1.165, 1.54) is 0 Å². The summed E-state index contributed by atoms with van der Waals surface area (Å²) in [4.78, 5) is 14.9. The molecule has 0 spiro atoms. The normalized spacial score (nSPS) is 10.7. The number of amides is 1. The molecule has 0 fully saturated rings. The van der Waals surface area contributed by atoms with Crippen molar-refractivity contribution < 1.29 is 14.3 Å². The fraction of sp³-hybridized carbons (Fsp3) is 0.278. The van der Waals surface area contributed by atoms with Crippen molar-refractivity contribution in [2.75, 3.05) is 27.8 Å². The first-order chi connectivity index (χ1) is 11.1. The Morgan fingerprint density at radius 3 is 2.65 bits per heavy atom. The second-order valence-corrected chi connectivity index (χ2v) is 6.03. The van der Waals surface area contributed by atoms with Crippen molar-refractivity contribution in [2.24, 2.45) is 0 Å². The number of carbonyl (C=O) groups excluding carboxylic acids is 1. The highest BCUT2D eigenvalue weighted by Gasteiger charge is 2.08. The van der Waals surface area contributed by atoms with Gasteiger partial charge in [-0.05, 0) is 41.6 Å². The summed E-state index contributed by atoms with van der Waals surface area (Å²) in [5.41, 5.74) is 1.10. The summed E-state index contributed by atoms with van der Waals surface area (Å²) in [5.74, 6) is 1.41. The van der Waals surface area contributed by atoms with Gasteiger partial charge < -0.3 is 14.4 Å². The number of hydrogen-bond donors (Lipinski definition) is 0. The molecule has 0 bridgehead atoms. The summed E-state index contributed by atoms with van der Waals surface area (Å²) in [6, 6.07) is 9.76. The monoisotopic (exact) mass is 331 g/mol. The predicted molar refractivity (Wildman–Crippen MR) is 94.2 cm³/mol. The van der Waals surface area contributed by atoms with Crippen LogP contribution in [-0.4, -0.2) is 38.6 Å². The molecule has 122 valence electrons. The van der Waals surface area contributed by atoms with Crippen LogP contribution in [0.3, 0.4) is 0 Å². The standard InChI is InChI=1S/C18H21NO3S/c1-19(18(20)9-7-15-5-4-12-23-15)11-10-14-6-8-16(21-2)17(13-14)22-3/h4-9,12-13H,10-11H2,1-3H3/b9-7+. The van der Waals surface area contributed by atoms with Gasteiger partial charge >= 0.3 is 0 Å². The summed E-state index contributed by atoms with van der Waals surface area (Å²) in [5, 5.41) is 1.99. The van der Waals surface area contributed by atoms with Crippen LogP contribution >= 0.6 is 11.3 Å². The lowest BCUT2D eigenvalue weighted by Crippen LogP contribution is -2.27. The predicted octanol–water partition coefficient (Wildman–Crippen LogP) is 3.48. The average molecular weight is 331 g/mol. The van der Waals surface area contributed by atoms with Crippen LogP contribution in [-0.2, 0) is 11.2 Å². The molecule has 0 atom stereocenters. The number of methoxy groups -OCH3 is 2. The van der Waals surface area contributed by atoms with Crippen LogP contribution in [0.1, 0.15) is 10.4 Å². The lowest BCUT2D eigenvalue weighted by molar-refractivity contribution is -0.124. The van der Waals surface area contributed by atoms with Gasteiger partial charge in [0.1, 0.15) is 0 Å². The van der Waals surface area contributed by atoms with Gasteiger partial charge in [0.25, 0.3) is 0 Å². The number of likely N-dealkylation sites (N-methyl/N-ethyl adjacent to an activating group) is 1.